The third kappa shape index (κ3) is 1.46. The summed E-state index contributed by atoms with van der Waals surface area (Å²) in [5, 5.41) is 6.15. The summed E-state index contributed by atoms with van der Waals surface area (Å²) in [6, 6.07) is 11.3. The van der Waals surface area contributed by atoms with Crippen molar-refractivity contribution in [3.05, 3.63) is 53.8 Å². The molecule has 5 nitrogen and oxygen atoms in total. The van der Waals surface area contributed by atoms with Crippen molar-refractivity contribution >= 4 is 28.9 Å². The second kappa shape index (κ2) is 4.07. The maximum absolute atomic E-state index is 13.4. The standard InChI is InChI=1S/C16H12FN3O2/c1-9(21)20-14-5-3-2-4-11(14)16(15(20)22)18-12-7-6-10(17)8-13(12)19-16/h2-8,18-19H,1H3. The lowest BCUT2D eigenvalue weighted by atomic mass is 10.0. The Labute approximate surface area is 125 Å². The fraction of sp³-hybridized carbons (Fsp3) is 0.125. The number of halogens is 1. The van der Waals surface area contributed by atoms with Crippen LogP contribution in [0.3, 0.4) is 0 Å². The maximum Gasteiger partial charge on any atom is 0.285 e. The molecule has 2 aromatic rings. The molecule has 2 heterocycles. The zero-order valence-corrected chi connectivity index (χ0v) is 11.7. The Balaban J connectivity index is 1.90. The molecule has 2 amide bonds. The van der Waals surface area contributed by atoms with Gasteiger partial charge in [0, 0.05) is 12.5 Å². The van der Waals surface area contributed by atoms with Gasteiger partial charge >= 0.3 is 0 Å². The highest BCUT2D eigenvalue weighted by atomic mass is 19.1. The van der Waals surface area contributed by atoms with Gasteiger partial charge in [0.15, 0.2) is 0 Å². The van der Waals surface area contributed by atoms with Crippen LogP contribution in [0.4, 0.5) is 21.5 Å². The molecule has 4 rings (SSSR count). The molecule has 0 saturated heterocycles. The number of imide groups is 1. The zero-order chi connectivity index (χ0) is 15.5. The quantitative estimate of drug-likeness (QED) is 0.784. The Morgan fingerprint density at radius 3 is 2.64 bits per heavy atom. The van der Waals surface area contributed by atoms with E-state index in [1.807, 2.05) is 0 Å². The van der Waals surface area contributed by atoms with Crippen LogP contribution in [0, 0.1) is 5.82 Å². The van der Waals surface area contributed by atoms with Crippen LogP contribution in [0.25, 0.3) is 0 Å². The van der Waals surface area contributed by atoms with E-state index in [1.165, 1.54) is 19.1 Å². The summed E-state index contributed by atoms with van der Waals surface area (Å²) in [5.74, 6) is -1.18. The lowest BCUT2D eigenvalue weighted by molar-refractivity contribution is -0.126. The number of nitrogens with zero attached hydrogens (tertiary/aromatic N) is 1. The van der Waals surface area contributed by atoms with Crippen molar-refractivity contribution in [3.63, 3.8) is 0 Å². The Bertz CT molecular complexity index is 836. The Morgan fingerprint density at radius 2 is 1.86 bits per heavy atom. The molecule has 2 aromatic carbocycles. The van der Waals surface area contributed by atoms with E-state index in [0.717, 1.165) is 4.90 Å². The molecule has 22 heavy (non-hydrogen) atoms. The van der Waals surface area contributed by atoms with Crippen molar-refractivity contribution in [2.75, 3.05) is 15.5 Å². The Hall–Kier alpha value is -2.89. The third-order valence-corrected chi connectivity index (χ3v) is 4.01. The van der Waals surface area contributed by atoms with E-state index in [2.05, 4.69) is 10.6 Å². The fourth-order valence-electron chi connectivity index (χ4n) is 3.10. The monoisotopic (exact) mass is 297 g/mol. The Morgan fingerprint density at radius 1 is 1.14 bits per heavy atom. The molecule has 0 bridgehead atoms. The van der Waals surface area contributed by atoms with Gasteiger partial charge in [-0.1, -0.05) is 18.2 Å². The van der Waals surface area contributed by atoms with Crippen LogP contribution >= 0.6 is 0 Å². The summed E-state index contributed by atoms with van der Waals surface area (Å²) < 4.78 is 13.4. The van der Waals surface area contributed by atoms with Crippen molar-refractivity contribution < 1.29 is 14.0 Å². The second-order valence-corrected chi connectivity index (χ2v) is 5.37. The van der Waals surface area contributed by atoms with Gasteiger partial charge in [-0.2, -0.15) is 0 Å². The topological polar surface area (TPSA) is 61.4 Å². The van der Waals surface area contributed by atoms with E-state index < -0.39 is 17.4 Å². The number of fused-ring (bicyclic) bond motifs is 3. The first-order valence-corrected chi connectivity index (χ1v) is 6.83. The summed E-state index contributed by atoms with van der Waals surface area (Å²) in [7, 11) is 0. The maximum atomic E-state index is 13.4. The van der Waals surface area contributed by atoms with Crippen LogP contribution in [0.1, 0.15) is 12.5 Å². The normalized spacial score (nSPS) is 21.4. The SMILES string of the molecule is CC(=O)N1C(=O)C2(Nc3ccc(F)cc3N2)c2ccccc21. The molecular weight excluding hydrogens is 285 g/mol. The number of rotatable bonds is 0. The number of hydrogen-bond donors (Lipinski definition) is 2. The van der Waals surface area contributed by atoms with Crippen molar-refractivity contribution in [2.45, 2.75) is 12.6 Å². The number of para-hydroxylation sites is 1. The average Bonchev–Trinajstić information content (AvgIpc) is 2.97. The van der Waals surface area contributed by atoms with Gasteiger partial charge < -0.3 is 10.6 Å². The summed E-state index contributed by atoms with van der Waals surface area (Å²) in [5.41, 5.74) is 1.03. The largest absolute Gasteiger partial charge is 0.349 e. The zero-order valence-electron chi connectivity index (χ0n) is 11.7. The summed E-state index contributed by atoms with van der Waals surface area (Å²) in [4.78, 5) is 25.9. The summed E-state index contributed by atoms with van der Waals surface area (Å²) in [6.45, 7) is 1.34. The smallest absolute Gasteiger partial charge is 0.285 e. The van der Waals surface area contributed by atoms with Gasteiger partial charge in [-0.3, -0.25) is 9.59 Å². The van der Waals surface area contributed by atoms with Crippen LogP contribution in [-0.2, 0) is 15.3 Å². The van der Waals surface area contributed by atoms with E-state index in [-0.39, 0.29) is 5.91 Å². The van der Waals surface area contributed by atoms with Crippen LogP contribution in [0.15, 0.2) is 42.5 Å². The molecule has 110 valence electrons. The predicted octanol–water partition coefficient (Wildman–Crippen LogP) is 2.41. The van der Waals surface area contributed by atoms with E-state index in [4.69, 9.17) is 0 Å². The van der Waals surface area contributed by atoms with E-state index in [9.17, 15) is 14.0 Å². The van der Waals surface area contributed by atoms with Crippen molar-refractivity contribution in [3.8, 4) is 0 Å². The van der Waals surface area contributed by atoms with Gasteiger partial charge in [0.2, 0.25) is 11.6 Å². The van der Waals surface area contributed by atoms with Gasteiger partial charge in [0.1, 0.15) is 5.82 Å². The fourth-order valence-corrected chi connectivity index (χ4v) is 3.10. The number of nitrogens with one attached hydrogen (secondary N) is 2. The molecule has 2 aliphatic heterocycles. The van der Waals surface area contributed by atoms with E-state index in [1.54, 1.807) is 30.3 Å². The number of benzene rings is 2. The molecule has 0 aliphatic carbocycles. The minimum absolute atomic E-state index is 0.361. The number of amides is 2. The molecule has 0 fully saturated rings. The van der Waals surface area contributed by atoms with Crippen molar-refractivity contribution in [2.24, 2.45) is 0 Å². The van der Waals surface area contributed by atoms with Gasteiger partial charge in [-0.25, -0.2) is 9.29 Å². The number of anilines is 3. The number of hydrogen-bond acceptors (Lipinski definition) is 4. The highest BCUT2D eigenvalue weighted by Gasteiger charge is 2.55. The van der Waals surface area contributed by atoms with E-state index in [0.29, 0.717) is 22.6 Å². The lowest BCUT2D eigenvalue weighted by Crippen LogP contribution is -2.49. The minimum Gasteiger partial charge on any atom is -0.349 e. The van der Waals surface area contributed by atoms with Crippen molar-refractivity contribution in [1.82, 2.24) is 0 Å². The minimum atomic E-state index is -1.27. The highest BCUT2D eigenvalue weighted by molar-refractivity contribution is 6.24. The lowest BCUT2D eigenvalue weighted by Gasteiger charge is -2.24. The molecule has 2 aliphatic rings. The average molecular weight is 297 g/mol. The predicted molar refractivity (Wildman–Crippen MR) is 79.9 cm³/mol. The van der Waals surface area contributed by atoms with Crippen LogP contribution in [-0.4, -0.2) is 11.8 Å². The van der Waals surface area contributed by atoms with Gasteiger partial charge in [-0.05, 0) is 24.3 Å². The first-order valence-electron chi connectivity index (χ1n) is 6.83. The molecule has 1 spiro atoms. The van der Waals surface area contributed by atoms with Gasteiger partial charge in [-0.15, -0.1) is 0 Å². The molecule has 0 radical (unpaired) electrons. The summed E-state index contributed by atoms with van der Waals surface area (Å²) >= 11 is 0. The molecule has 1 unspecified atom stereocenters. The van der Waals surface area contributed by atoms with E-state index >= 15 is 0 Å². The first kappa shape index (κ1) is 12.8. The van der Waals surface area contributed by atoms with Gasteiger partial charge in [0.05, 0.1) is 17.1 Å². The van der Waals surface area contributed by atoms with Crippen LogP contribution in [0.2, 0.25) is 0 Å². The van der Waals surface area contributed by atoms with Crippen LogP contribution < -0.4 is 15.5 Å². The molecule has 2 N–H and O–H groups in total. The third-order valence-electron chi connectivity index (χ3n) is 4.01. The molecule has 0 aromatic heterocycles. The molecule has 6 heteroatoms. The molecule has 0 saturated carbocycles. The second-order valence-electron chi connectivity index (χ2n) is 5.37. The highest BCUT2D eigenvalue weighted by Crippen LogP contribution is 2.48. The first-order chi connectivity index (χ1) is 10.5. The Kier molecular flexibility index (Phi) is 2.37. The number of carbonyl (C=O) groups is 2. The van der Waals surface area contributed by atoms with Crippen molar-refractivity contribution in [1.29, 1.82) is 0 Å². The van der Waals surface area contributed by atoms with Crippen LogP contribution in [0.5, 0.6) is 0 Å². The molecule has 1 atom stereocenters. The molecular formula is C16H12FN3O2. The van der Waals surface area contributed by atoms with Gasteiger partial charge in [0.25, 0.3) is 5.91 Å². The summed E-state index contributed by atoms with van der Waals surface area (Å²) in [6.07, 6.45) is 0. The number of carbonyl (C=O) groups excluding carboxylic acids is 2.